The number of nitrogens with zero attached hydrogens (tertiary/aromatic N) is 6. The predicted octanol–water partition coefficient (Wildman–Crippen LogP) is 1.15. The van der Waals surface area contributed by atoms with Crippen molar-refractivity contribution >= 4 is 0 Å². The molecule has 7 nitrogen and oxygen atoms in total. The number of aliphatic hydroxyl groups excluding tert-OH is 1. The van der Waals surface area contributed by atoms with Gasteiger partial charge in [0.2, 0.25) is 5.82 Å². The number of tetrazole rings is 1. The molecule has 0 amide bonds. The summed E-state index contributed by atoms with van der Waals surface area (Å²) in [7, 11) is 0. The zero-order valence-corrected chi connectivity index (χ0v) is 13.9. The molecule has 0 spiro atoms. The summed E-state index contributed by atoms with van der Waals surface area (Å²) in [6.07, 6.45) is 2.18. The van der Waals surface area contributed by atoms with E-state index in [0.29, 0.717) is 24.6 Å². The van der Waals surface area contributed by atoms with Crippen LogP contribution in [0.2, 0.25) is 0 Å². The normalized spacial score (nSPS) is 15.7. The second kappa shape index (κ2) is 7.08. The molecule has 0 fully saturated rings. The Morgan fingerprint density at radius 2 is 1.88 bits per heavy atom. The van der Waals surface area contributed by atoms with Gasteiger partial charge in [-0.15, -0.1) is 5.10 Å². The fourth-order valence-corrected chi connectivity index (χ4v) is 3.27. The lowest BCUT2D eigenvalue weighted by Gasteiger charge is -2.30. The number of hydrogen-bond acceptors (Lipinski definition) is 6. The van der Waals surface area contributed by atoms with Crippen LogP contribution in [0, 0.1) is 0 Å². The smallest absolute Gasteiger partial charge is 0.200 e. The lowest BCUT2D eigenvalue weighted by molar-refractivity contribution is 0.0888. The van der Waals surface area contributed by atoms with Gasteiger partial charge < -0.3 is 5.11 Å². The van der Waals surface area contributed by atoms with Gasteiger partial charge in [-0.3, -0.25) is 9.88 Å². The number of rotatable bonds is 5. The molecule has 25 heavy (non-hydrogen) atoms. The largest absolute Gasteiger partial charge is 0.390 e. The van der Waals surface area contributed by atoms with E-state index in [1.54, 1.807) is 10.9 Å². The van der Waals surface area contributed by atoms with E-state index < -0.39 is 6.10 Å². The first-order chi connectivity index (χ1) is 12.3. The Bertz CT molecular complexity index is 834. The van der Waals surface area contributed by atoms with Crippen molar-refractivity contribution in [3.8, 4) is 11.5 Å². The molecule has 0 saturated carbocycles. The highest BCUT2D eigenvalue weighted by atomic mass is 16.3. The van der Waals surface area contributed by atoms with Gasteiger partial charge in [0.1, 0.15) is 5.69 Å². The van der Waals surface area contributed by atoms with Crippen molar-refractivity contribution in [3.05, 3.63) is 59.8 Å². The van der Waals surface area contributed by atoms with E-state index >= 15 is 0 Å². The summed E-state index contributed by atoms with van der Waals surface area (Å²) in [6.45, 7) is 2.76. The summed E-state index contributed by atoms with van der Waals surface area (Å²) in [6, 6.07) is 14.1. The number of pyridine rings is 1. The first kappa shape index (κ1) is 15.9. The van der Waals surface area contributed by atoms with E-state index in [4.69, 9.17) is 0 Å². The molecule has 1 aliphatic rings. The molecular formula is C18H20N6O. The SMILES string of the molecule is OC(CN1CCc2ccccc2C1)Cn1nnnc1-c1ccccn1. The molecule has 2 aromatic heterocycles. The van der Waals surface area contributed by atoms with Crippen molar-refractivity contribution in [2.75, 3.05) is 13.1 Å². The average Bonchev–Trinajstić information content (AvgIpc) is 3.10. The molecule has 4 rings (SSSR count). The molecular weight excluding hydrogens is 316 g/mol. The van der Waals surface area contributed by atoms with Crippen molar-refractivity contribution in [1.29, 1.82) is 0 Å². The van der Waals surface area contributed by atoms with Crippen LogP contribution in [0.4, 0.5) is 0 Å². The highest BCUT2D eigenvalue weighted by Crippen LogP contribution is 2.19. The van der Waals surface area contributed by atoms with Gasteiger partial charge in [-0.25, -0.2) is 4.68 Å². The summed E-state index contributed by atoms with van der Waals surface area (Å²) in [5, 5.41) is 22.3. The van der Waals surface area contributed by atoms with Gasteiger partial charge in [0.05, 0.1) is 12.6 Å². The van der Waals surface area contributed by atoms with Crippen molar-refractivity contribution in [3.63, 3.8) is 0 Å². The monoisotopic (exact) mass is 336 g/mol. The van der Waals surface area contributed by atoms with Crippen LogP contribution < -0.4 is 0 Å². The average molecular weight is 336 g/mol. The molecule has 128 valence electrons. The van der Waals surface area contributed by atoms with Gasteiger partial charge in [-0.1, -0.05) is 30.3 Å². The van der Waals surface area contributed by atoms with E-state index in [-0.39, 0.29) is 0 Å². The number of β-amino-alcohol motifs (C(OH)–C–C–N with tert-alkyl or cyclic N) is 1. The number of aromatic nitrogens is 5. The van der Waals surface area contributed by atoms with Crippen LogP contribution >= 0.6 is 0 Å². The fourth-order valence-electron chi connectivity index (χ4n) is 3.27. The van der Waals surface area contributed by atoms with E-state index in [9.17, 15) is 5.11 Å². The molecule has 1 N–H and O–H groups in total. The second-order valence-electron chi connectivity index (χ2n) is 6.31. The van der Waals surface area contributed by atoms with Gasteiger partial charge in [0.15, 0.2) is 0 Å². The summed E-state index contributed by atoms with van der Waals surface area (Å²) in [5.41, 5.74) is 3.45. The minimum atomic E-state index is -0.545. The van der Waals surface area contributed by atoms with Crippen LogP contribution in [0.1, 0.15) is 11.1 Å². The quantitative estimate of drug-likeness (QED) is 0.753. The zero-order chi connectivity index (χ0) is 17.1. The minimum absolute atomic E-state index is 0.344. The standard InChI is InChI=1S/C18H20N6O/c25-16(12-23-10-8-14-5-1-2-6-15(14)11-23)13-24-18(20-21-22-24)17-7-3-4-9-19-17/h1-7,9,16,25H,8,10-13H2. The Hall–Kier alpha value is -2.64. The molecule has 7 heteroatoms. The third-order valence-corrected chi connectivity index (χ3v) is 4.49. The van der Waals surface area contributed by atoms with Crippen LogP contribution in [0.15, 0.2) is 48.7 Å². The first-order valence-electron chi connectivity index (χ1n) is 8.44. The maximum absolute atomic E-state index is 10.5. The van der Waals surface area contributed by atoms with Crippen LogP contribution in [-0.2, 0) is 19.5 Å². The molecule has 0 aliphatic carbocycles. The molecule has 0 radical (unpaired) electrons. The zero-order valence-electron chi connectivity index (χ0n) is 13.9. The first-order valence-corrected chi connectivity index (χ1v) is 8.44. The second-order valence-corrected chi connectivity index (χ2v) is 6.31. The molecule has 3 heterocycles. The van der Waals surface area contributed by atoms with Crippen LogP contribution in [-0.4, -0.2) is 54.4 Å². The van der Waals surface area contributed by atoms with Crippen molar-refractivity contribution < 1.29 is 5.11 Å². The highest BCUT2D eigenvalue weighted by Gasteiger charge is 2.20. The van der Waals surface area contributed by atoms with Gasteiger partial charge >= 0.3 is 0 Å². The summed E-state index contributed by atoms with van der Waals surface area (Å²) < 4.78 is 1.62. The lowest BCUT2D eigenvalue weighted by Crippen LogP contribution is -2.38. The van der Waals surface area contributed by atoms with Crippen molar-refractivity contribution in [2.45, 2.75) is 25.6 Å². The molecule has 0 bridgehead atoms. The fraction of sp³-hybridized carbons (Fsp3) is 0.333. The Labute approximate surface area is 145 Å². The lowest BCUT2D eigenvalue weighted by atomic mass is 10.00. The number of hydrogen-bond donors (Lipinski definition) is 1. The van der Waals surface area contributed by atoms with Crippen LogP contribution in [0.3, 0.4) is 0 Å². The maximum atomic E-state index is 10.5. The Kier molecular flexibility index (Phi) is 4.49. The number of aliphatic hydroxyl groups is 1. The maximum Gasteiger partial charge on any atom is 0.200 e. The number of benzene rings is 1. The summed E-state index contributed by atoms with van der Waals surface area (Å²) in [4.78, 5) is 6.55. The molecule has 1 aromatic carbocycles. The molecule has 1 unspecified atom stereocenters. The topological polar surface area (TPSA) is 80.0 Å². The summed E-state index contributed by atoms with van der Waals surface area (Å²) >= 11 is 0. The predicted molar refractivity (Wildman–Crippen MR) is 92.5 cm³/mol. The van der Waals surface area contributed by atoms with E-state index in [2.05, 4.69) is 49.7 Å². The highest BCUT2D eigenvalue weighted by molar-refractivity contribution is 5.47. The van der Waals surface area contributed by atoms with Gasteiger partial charge in [0.25, 0.3) is 0 Å². The van der Waals surface area contributed by atoms with Gasteiger partial charge in [-0.05, 0) is 40.1 Å². The Balaban J connectivity index is 1.41. The molecule has 1 aliphatic heterocycles. The molecule has 1 atom stereocenters. The minimum Gasteiger partial charge on any atom is -0.390 e. The Morgan fingerprint density at radius 3 is 2.72 bits per heavy atom. The van der Waals surface area contributed by atoms with Crippen molar-refractivity contribution in [2.24, 2.45) is 0 Å². The van der Waals surface area contributed by atoms with Gasteiger partial charge in [0, 0.05) is 25.8 Å². The molecule has 3 aromatic rings. The third-order valence-electron chi connectivity index (χ3n) is 4.49. The molecule has 0 saturated heterocycles. The van der Waals surface area contributed by atoms with Crippen molar-refractivity contribution in [1.82, 2.24) is 30.1 Å². The van der Waals surface area contributed by atoms with E-state index in [0.717, 1.165) is 19.5 Å². The van der Waals surface area contributed by atoms with Gasteiger partial charge in [-0.2, -0.15) is 0 Å². The summed E-state index contributed by atoms with van der Waals surface area (Å²) in [5.74, 6) is 0.573. The van der Waals surface area contributed by atoms with Crippen LogP contribution in [0.25, 0.3) is 11.5 Å². The van der Waals surface area contributed by atoms with Crippen LogP contribution in [0.5, 0.6) is 0 Å². The Morgan fingerprint density at radius 1 is 1.04 bits per heavy atom. The van der Waals surface area contributed by atoms with E-state index in [1.165, 1.54) is 11.1 Å². The number of fused-ring (bicyclic) bond motifs is 1. The van der Waals surface area contributed by atoms with E-state index in [1.807, 2.05) is 18.2 Å². The third kappa shape index (κ3) is 3.57.